The van der Waals surface area contributed by atoms with Gasteiger partial charge in [-0.25, -0.2) is 4.98 Å². The van der Waals surface area contributed by atoms with Crippen LogP contribution >= 0.6 is 0 Å². The maximum atomic E-state index is 4.85. The highest BCUT2D eigenvalue weighted by atomic mass is 15.2. The first kappa shape index (κ1) is 18.4. The third kappa shape index (κ3) is 4.66. The summed E-state index contributed by atoms with van der Waals surface area (Å²) >= 11 is 0. The molecular weight excluding hydrogens is 346 g/mol. The summed E-state index contributed by atoms with van der Waals surface area (Å²) in [7, 11) is 2.06. The van der Waals surface area contributed by atoms with Crippen molar-refractivity contribution in [2.75, 3.05) is 23.8 Å². The lowest BCUT2D eigenvalue weighted by atomic mass is 10.1. The van der Waals surface area contributed by atoms with Crippen LogP contribution in [-0.2, 0) is 6.42 Å². The number of anilines is 2. The SMILES string of the molecule is CN(CCc1ccncc1)c1nc(NC2CCCC2)cc(-c2ccccc2)n1. The van der Waals surface area contributed by atoms with E-state index in [0.717, 1.165) is 36.0 Å². The van der Waals surface area contributed by atoms with Gasteiger partial charge in [0.05, 0.1) is 5.69 Å². The van der Waals surface area contributed by atoms with Crippen LogP contribution in [0.2, 0.25) is 0 Å². The fourth-order valence-corrected chi connectivity index (χ4v) is 3.66. The van der Waals surface area contributed by atoms with Crippen LogP contribution in [0.3, 0.4) is 0 Å². The molecule has 0 spiro atoms. The number of benzene rings is 1. The zero-order valence-electron chi connectivity index (χ0n) is 16.4. The summed E-state index contributed by atoms with van der Waals surface area (Å²) in [5.74, 6) is 1.68. The minimum Gasteiger partial charge on any atom is -0.367 e. The number of likely N-dealkylation sites (N-methyl/N-ethyl adjacent to an activating group) is 1. The maximum Gasteiger partial charge on any atom is 0.227 e. The van der Waals surface area contributed by atoms with E-state index in [0.29, 0.717) is 6.04 Å². The molecule has 28 heavy (non-hydrogen) atoms. The van der Waals surface area contributed by atoms with Crippen molar-refractivity contribution >= 4 is 11.8 Å². The number of pyridine rings is 1. The molecular formula is C23H27N5. The van der Waals surface area contributed by atoms with Crippen molar-refractivity contribution < 1.29 is 0 Å². The van der Waals surface area contributed by atoms with Gasteiger partial charge in [-0.05, 0) is 37.0 Å². The van der Waals surface area contributed by atoms with Crippen molar-refractivity contribution in [1.82, 2.24) is 15.0 Å². The number of hydrogen-bond donors (Lipinski definition) is 1. The first-order chi connectivity index (χ1) is 13.8. The first-order valence-corrected chi connectivity index (χ1v) is 10.1. The third-order valence-corrected chi connectivity index (χ3v) is 5.32. The lowest BCUT2D eigenvalue weighted by Gasteiger charge is -2.20. The Balaban J connectivity index is 1.57. The number of nitrogens with zero attached hydrogens (tertiary/aromatic N) is 4. The van der Waals surface area contributed by atoms with Gasteiger partial charge in [0, 0.05) is 43.7 Å². The van der Waals surface area contributed by atoms with E-state index in [1.54, 1.807) is 0 Å². The molecule has 5 heteroatoms. The van der Waals surface area contributed by atoms with Gasteiger partial charge >= 0.3 is 0 Å². The predicted octanol–water partition coefficient (Wildman–Crippen LogP) is 4.57. The summed E-state index contributed by atoms with van der Waals surface area (Å²) < 4.78 is 0. The van der Waals surface area contributed by atoms with E-state index in [9.17, 15) is 0 Å². The number of aromatic nitrogens is 3. The lowest BCUT2D eigenvalue weighted by molar-refractivity contribution is 0.748. The molecule has 1 aromatic carbocycles. The molecule has 0 amide bonds. The van der Waals surface area contributed by atoms with Crippen LogP contribution in [0.5, 0.6) is 0 Å². The second-order valence-electron chi connectivity index (χ2n) is 7.46. The first-order valence-electron chi connectivity index (χ1n) is 10.1. The largest absolute Gasteiger partial charge is 0.367 e. The molecule has 0 atom stereocenters. The second kappa shape index (κ2) is 8.83. The molecule has 1 N–H and O–H groups in total. The normalized spacial score (nSPS) is 14.2. The monoisotopic (exact) mass is 373 g/mol. The second-order valence-corrected chi connectivity index (χ2v) is 7.46. The minimum absolute atomic E-state index is 0.522. The number of hydrogen-bond acceptors (Lipinski definition) is 5. The van der Waals surface area contributed by atoms with E-state index in [-0.39, 0.29) is 0 Å². The standard InChI is InChI=1S/C23H27N5/c1-28(16-13-18-11-14-24-15-12-18)23-26-21(19-7-3-2-4-8-19)17-22(27-23)25-20-9-5-6-10-20/h2-4,7-8,11-12,14-15,17,20H,5-6,9-10,13,16H2,1H3,(H,25,26,27). The third-order valence-electron chi connectivity index (χ3n) is 5.32. The maximum absolute atomic E-state index is 4.85. The smallest absolute Gasteiger partial charge is 0.227 e. The molecule has 1 aliphatic rings. The molecule has 1 saturated carbocycles. The van der Waals surface area contributed by atoms with Crippen LogP contribution in [-0.4, -0.2) is 34.6 Å². The van der Waals surface area contributed by atoms with E-state index >= 15 is 0 Å². The van der Waals surface area contributed by atoms with Crippen LogP contribution in [0.1, 0.15) is 31.2 Å². The molecule has 0 radical (unpaired) electrons. The molecule has 4 rings (SSSR count). The van der Waals surface area contributed by atoms with Gasteiger partial charge in [0.1, 0.15) is 5.82 Å². The molecule has 144 valence electrons. The lowest BCUT2D eigenvalue weighted by Crippen LogP contribution is -2.24. The van der Waals surface area contributed by atoms with E-state index in [2.05, 4.69) is 52.6 Å². The van der Waals surface area contributed by atoms with Crippen molar-refractivity contribution in [1.29, 1.82) is 0 Å². The summed E-state index contributed by atoms with van der Waals surface area (Å²) in [6.07, 6.45) is 9.65. The summed E-state index contributed by atoms with van der Waals surface area (Å²) in [5.41, 5.74) is 3.34. The Morgan fingerprint density at radius 1 is 1.00 bits per heavy atom. The number of rotatable bonds is 7. The Bertz CT molecular complexity index is 876. The predicted molar refractivity (Wildman–Crippen MR) is 115 cm³/mol. The van der Waals surface area contributed by atoms with Crippen molar-refractivity contribution in [2.24, 2.45) is 0 Å². The van der Waals surface area contributed by atoms with Gasteiger partial charge in [0.15, 0.2) is 0 Å². The fourth-order valence-electron chi connectivity index (χ4n) is 3.66. The average molecular weight is 374 g/mol. The van der Waals surface area contributed by atoms with Crippen LogP contribution in [0.15, 0.2) is 60.9 Å². The van der Waals surface area contributed by atoms with Gasteiger partial charge in [-0.3, -0.25) is 4.98 Å². The molecule has 1 aliphatic carbocycles. The highest BCUT2D eigenvalue weighted by molar-refractivity contribution is 5.64. The van der Waals surface area contributed by atoms with Gasteiger partial charge in [0.25, 0.3) is 0 Å². The summed E-state index contributed by atoms with van der Waals surface area (Å²) in [4.78, 5) is 15.9. The summed E-state index contributed by atoms with van der Waals surface area (Å²) in [5, 5.41) is 3.63. The molecule has 0 bridgehead atoms. The van der Waals surface area contributed by atoms with E-state index in [1.807, 2.05) is 30.6 Å². The zero-order chi connectivity index (χ0) is 19.2. The average Bonchev–Trinajstić information content (AvgIpc) is 3.26. The topological polar surface area (TPSA) is 53.9 Å². The van der Waals surface area contributed by atoms with Crippen LogP contribution in [0.4, 0.5) is 11.8 Å². The molecule has 2 heterocycles. The van der Waals surface area contributed by atoms with Gasteiger partial charge in [-0.2, -0.15) is 4.98 Å². The Kier molecular flexibility index (Phi) is 5.80. The Morgan fingerprint density at radius 2 is 1.75 bits per heavy atom. The quantitative estimate of drug-likeness (QED) is 0.657. The molecule has 1 fully saturated rings. The van der Waals surface area contributed by atoms with Gasteiger partial charge < -0.3 is 10.2 Å². The minimum atomic E-state index is 0.522. The molecule has 0 saturated heterocycles. The molecule has 2 aromatic heterocycles. The van der Waals surface area contributed by atoms with Crippen molar-refractivity contribution in [3.05, 3.63) is 66.5 Å². The highest BCUT2D eigenvalue weighted by Gasteiger charge is 2.17. The number of nitrogens with one attached hydrogen (secondary N) is 1. The van der Waals surface area contributed by atoms with Crippen molar-refractivity contribution in [2.45, 2.75) is 38.1 Å². The summed E-state index contributed by atoms with van der Waals surface area (Å²) in [6, 6.07) is 17.0. The molecule has 0 aliphatic heterocycles. The zero-order valence-corrected chi connectivity index (χ0v) is 16.4. The molecule has 3 aromatic rings. The van der Waals surface area contributed by atoms with Crippen molar-refractivity contribution in [3.8, 4) is 11.3 Å². The molecule has 0 unspecified atom stereocenters. The van der Waals surface area contributed by atoms with Gasteiger partial charge in [0.2, 0.25) is 5.95 Å². The van der Waals surface area contributed by atoms with Crippen molar-refractivity contribution in [3.63, 3.8) is 0 Å². The van der Waals surface area contributed by atoms with Crippen LogP contribution < -0.4 is 10.2 Å². The Morgan fingerprint density at radius 3 is 2.50 bits per heavy atom. The van der Waals surface area contributed by atoms with Gasteiger partial charge in [-0.1, -0.05) is 43.2 Å². The summed E-state index contributed by atoms with van der Waals surface area (Å²) in [6.45, 7) is 0.852. The Hall–Kier alpha value is -2.95. The molecule has 5 nitrogen and oxygen atoms in total. The van der Waals surface area contributed by atoms with E-state index in [4.69, 9.17) is 9.97 Å². The van der Waals surface area contributed by atoms with Gasteiger partial charge in [-0.15, -0.1) is 0 Å². The van der Waals surface area contributed by atoms with Crippen LogP contribution in [0, 0.1) is 0 Å². The van der Waals surface area contributed by atoms with E-state index in [1.165, 1.54) is 31.2 Å². The highest BCUT2D eigenvalue weighted by Crippen LogP contribution is 2.26. The van der Waals surface area contributed by atoms with E-state index < -0.39 is 0 Å². The fraction of sp³-hybridized carbons (Fsp3) is 0.348. The van der Waals surface area contributed by atoms with Crippen LogP contribution in [0.25, 0.3) is 11.3 Å². The Labute approximate surface area is 166 Å².